The van der Waals surface area contributed by atoms with Crippen LogP contribution in [0.25, 0.3) is 0 Å². The second-order valence-corrected chi connectivity index (χ2v) is 8.82. The molecule has 4 rings (SSSR count). The molecule has 2 saturated carbocycles. The van der Waals surface area contributed by atoms with Crippen LogP contribution in [0, 0.1) is 31.1 Å². The number of ether oxygens (including phenoxy) is 1. The van der Waals surface area contributed by atoms with Crippen molar-refractivity contribution in [3.8, 4) is 0 Å². The maximum absolute atomic E-state index is 11.2. The van der Waals surface area contributed by atoms with Crippen LogP contribution in [0.1, 0.15) is 68.9 Å². The summed E-state index contributed by atoms with van der Waals surface area (Å²) in [5.41, 5.74) is 2.09. The lowest BCUT2D eigenvalue weighted by Gasteiger charge is -2.54. The smallest absolute Gasteiger partial charge is 0.168 e. The number of rotatable bonds is 3. The first-order valence-electron chi connectivity index (χ1n) is 9.83. The molecule has 1 aromatic heterocycles. The molecule has 0 spiro atoms. The van der Waals surface area contributed by atoms with Crippen molar-refractivity contribution in [2.24, 2.45) is 17.3 Å². The molecule has 0 radical (unpaired) electrons. The van der Waals surface area contributed by atoms with Gasteiger partial charge >= 0.3 is 0 Å². The summed E-state index contributed by atoms with van der Waals surface area (Å²) in [6.07, 6.45) is 6.99. The van der Waals surface area contributed by atoms with Gasteiger partial charge in [-0.15, -0.1) is 0 Å². The second kappa shape index (κ2) is 6.07. The number of hydrogen-bond acceptors (Lipinski definition) is 5. The molecule has 140 valence electrons. The highest BCUT2D eigenvalue weighted by atomic mass is 16.6. The Balaban J connectivity index is 1.43. The first kappa shape index (κ1) is 17.5. The van der Waals surface area contributed by atoms with E-state index in [9.17, 15) is 10.2 Å². The summed E-state index contributed by atoms with van der Waals surface area (Å²) in [7, 11) is 0. The lowest BCUT2D eigenvalue weighted by atomic mass is 9.59. The van der Waals surface area contributed by atoms with E-state index >= 15 is 0 Å². The minimum Gasteiger partial charge on any atom is -0.393 e. The highest BCUT2D eigenvalue weighted by Gasteiger charge is 2.60. The molecule has 0 bridgehead atoms. The van der Waals surface area contributed by atoms with Crippen molar-refractivity contribution in [2.45, 2.75) is 90.1 Å². The molecule has 2 aliphatic carbocycles. The number of nitrogens with zero attached hydrogens (tertiary/aromatic N) is 1. The third kappa shape index (κ3) is 2.75. The molecule has 5 nitrogen and oxygen atoms in total. The fourth-order valence-corrected chi connectivity index (χ4v) is 5.86. The van der Waals surface area contributed by atoms with E-state index in [1.807, 2.05) is 13.8 Å². The predicted octanol–water partition coefficient (Wildman–Crippen LogP) is 3.28. The van der Waals surface area contributed by atoms with Crippen LogP contribution >= 0.6 is 0 Å². The Morgan fingerprint density at radius 1 is 1.12 bits per heavy atom. The van der Waals surface area contributed by atoms with Crippen LogP contribution in [0.5, 0.6) is 0 Å². The molecule has 1 saturated heterocycles. The van der Waals surface area contributed by atoms with Crippen molar-refractivity contribution in [3.63, 3.8) is 0 Å². The Morgan fingerprint density at radius 2 is 1.88 bits per heavy atom. The van der Waals surface area contributed by atoms with Gasteiger partial charge in [0.05, 0.1) is 17.9 Å². The summed E-state index contributed by atoms with van der Waals surface area (Å²) in [6.45, 7) is 6.14. The Morgan fingerprint density at radius 3 is 2.60 bits per heavy atom. The minimum atomic E-state index is -1.00. The van der Waals surface area contributed by atoms with Gasteiger partial charge in [0.1, 0.15) is 5.76 Å². The van der Waals surface area contributed by atoms with Crippen molar-refractivity contribution < 1.29 is 19.5 Å². The fourth-order valence-electron chi connectivity index (χ4n) is 5.86. The SMILES string of the molecule is Cc1noc(C)c1CCC1CCC2[C@@H]3CC[C@@H](O)[C@@]3(C)CCC2(O)O1. The molecular formula is C20H31NO4. The van der Waals surface area contributed by atoms with Crippen LogP contribution < -0.4 is 0 Å². The molecule has 5 heteroatoms. The average Bonchev–Trinajstić information content (AvgIpc) is 3.05. The Bertz CT molecular complexity index is 624. The van der Waals surface area contributed by atoms with E-state index in [-0.39, 0.29) is 23.5 Å². The standard InChI is InChI=1S/C20H31NO4/c1-12-15(13(2)25-21-12)6-4-14-5-7-17-16-8-9-18(22)19(16,3)10-11-20(17,23)24-14/h14,16-18,22-23H,4-11H2,1-3H3/t14?,16-,17?,18+,19-,20?/m0/s1. The van der Waals surface area contributed by atoms with Gasteiger partial charge < -0.3 is 19.5 Å². The molecule has 1 aromatic rings. The van der Waals surface area contributed by atoms with Gasteiger partial charge in [-0.1, -0.05) is 12.1 Å². The fraction of sp³-hybridized carbons (Fsp3) is 0.850. The number of aliphatic hydroxyl groups excluding tert-OH is 1. The summed E-state index contributed by atoms with van der Waals surface area (Å²) >= 11 is 0. The van der Waals surface area contributed by atoms with E-state index in [4.69, 9.17) is 9.26 Å². The maximum Gasteiger partial charge on any atom is 0.168 e. The molecular weight excluding hydrogens is 318 g/mol. The Hall–Kier alpha value is -0.910. The van der Waals surface area contributed by atoms with Crippen LogP contribution in [0.4, 0.5) is 0 Å². The molecule has 0 aromatic carbocycles. The summed E-state index contributed by atoms with van der Waals surface area (Å²) in [5.74, 6) is 0.428. The molecule has 2 N–H and O–H groups in total. The van der Waals surface area contributed by atoms with E-state index in [1.54, 1.807) is 0 Å². The average molecular weight is 349 g/mol. The summed E-state index contributed by atoms with van der Waals surface area (Å²) in [6, 6.07) is 0. The third-order valence-electron chi connectivity index (χ3n) is 7.51. The van der Waals surface area contributed by atoms with Crippen LogP contribution in [-0.2, 0) is 11.2 Å². The van der Waals surface area contributed by atoms with E-state index in [0.29, 0.717) is 12.3 Å². The summed E-state index contributed by atoms with van der Waals surface area (Å²) in [4.78, 5) is 0. The van der Waals surface area contributed by atoms with Gasteiger partial charge in [0.25, 0.3) is 0 Å². The largest absolute Gasteiger partial charge is 0.393 e. The van der Waals surface area contributed by atoms with Gasteiger partial charge in [0, 0.05) is 17.9 Å². The number of hydrogen-bond donors (Lipinski definition) is 2. The number of aromatic nitrogens is 1. The van der Waals surface area contributed by atoms with Crippen molar-refractivity contribution in [1.29, 1.82) is 0 Å². The normalized spacial score (nSPS) is 43.7. The first-order chi connectivity index (χ1) is 11.8. The zero-order valence-electron chi connectivity index (χ0n) is 15.6. The minimum absolute atomic E-state index is 0.0379. The van der Waals surface area contributed by atoms with Gasteiger partial charge in [0.2, 0.25) is 0 Å². The van der Waals surface area contributed by atoms with Crippen LogP contribution in [0.15, 0.2) is 4.52 Å². The highest BCUT2D eigenvalue weighted by Crippen LogP contribution is 2.60. The lowest BCUT2D eigenvalue weighted by Crippen LogP contribution is -2.57. The van der Waals surface area contributed by atoms with E-state index in [1.165, 1.54) is 5.56 Å². The third-order valence-corrected chi connectivity index (χ3v) is 7.51. The maximum atomic E-state index is 11.2. The number of aliphatic hydroxyl groups is 2. The highest BCUT2D eigenvalue weighted by molar-refractivity contribution is 5.21. The molecule has 2 heterocycles. The van der Waals surface area contributed by atoms with Crippen molar-refractivity contribution in [3.05, 3.63) is 17.0 Å². The first-order valence-corrected chi connectivity index (χ1v) is 9.83. The van der Waals surface area contributed by atoms with Gasteiger partial charge in [-0.2, -0.15) is 0 Å². The number of aryl methyl sites for hydroxylation is 2. The molecule has 3 fully saturated rings. The number of fused-ring (bicyclic) bond motifs is 3. The quantitative estimate of drug-likeness (QED) is 0.876. The van der Waals surface area contributed by atoms with Gasteiger partial charge in [0.15, 0.2) is 5.79 Å². The van der Waals surface area contributed by atoms with Crippen LogP contribution in [-0.4, -0.2) is 33.4 Å². The van der Waals surface area contributed by atoms with E-state index < -0.39 is 5.79 Å². The van der Waals surface area contributed by atoms with Crippen LogP contribution in [0.2, 0.25) is 0 Å². The Labute approximate surface area is 149 Å². The van der Waals surface area contributed by atoms with Gasteiger partial charge in [-0.3, -0.25) is 0 Å². The monoisotopic (exact) mass is 349 g/mol. The Kier molecular flexibility index (Phi) is 4.25. The van der Waals surface area contributed by atoms with E-state index in [0.717, 1.165) is 56.4 Å². The topological polar surface area (TPSA) is 75.7 Å². The molecule has 3 aliphatic rings. The lowest BCUT2D eigenvalue weighted by molar-refractivity contribution is -0.319. The predicted molar refractivity (Wildman–Crippen MR) is 92.9 cm³/mol. The summed E-state index contributed by atoms with van der Waals surface area (Å²) in [5, 5.41) is 25.7. The molecule has 0 amide bonds. The van der Waals surface area contributed by atoms with E-state index in [2.05, 4.69) is 12.1 Å². The van der Waals surface area contributed by atoms with Crippen molar-refractivity contribution in [1.82, 2.24) is 5.16 Å². The summed E-state index contributed by atoms with van der Waals surface area (Å²) < 4.78 is 11.5. The molecule has 6 atom stereocenters. The molecule has 3 unspecified atom stereocenters. The van der Waals surface area contributed by atoms with Gasteiger partial charge in [-0.25, -0.2) is 0 Å². The van der Waals surface area contributed by atoms with Crippen LogP contribution in [0.3, 0.4) is 0 Å². The van der Waals surface area contributed by atoms with Gasteiger partial charge in [-0.05, 0) is 70.1 Å². The van der Waals surface area contributed by atoms with Crippen molar-refractivity contribution in [2.75, 3.05) is 0 Å². The molecule has 1 aliphatic heterocycles. The van der Waals surface area contributed by atoms with Crippen molar-refractivity contribution >= 4 is 0 Å². The second-order valence-electron chi connectivity index (χ2n) is 8.82. The zero-order valence-corrected chi connectivity index (χ0v) is 15.6. The zero-order chi connectivity index (χ0) is 17.8. The molecule has 25 heavy (non-hydrogen) atoms.